The predicted molar refractivity (Wildman–Crippen MR) is 76.4 cm³/mol. The first-order valence-electron chi connectivity index (χ1n) is 6.23. The number of hydrogen-bond acceptors (Lipinski definition) is 5. The summed E-state index contributed by atoms with van der Waals surface area (Å²) < 4.78 is 5.37. The molecule has 1 unspecified atom stereocenters. The molecule has 1 rings (SSSR count). The second kappa shape index (κ2) is 7.74. The van der Waals surface area contributed by atoms with Gasteiger partial charge in [-0.25, -0.2) is 0 Å². The number of nitro groups is 1. The summed E-state index contributed by atoms with van der Waals surface area (Å²) >= 11 is 1.16. The number of carboxylic acids is 1. The molecule has 0 aliphatic heterocycles. The van der Waals surface area contributed by atoms with Crippen molar-refractivity contribution in [3.63, 3.8) is 0 Å². The van der Waals surface area contributed by atoms with Crippen LogP contribution in [0.2, 0.25) is 0 Å². The van der Waals surface area contributed by atoms with Gasteiger partial charge in [-0.05, 0) is 18.6 Å². The van der Waals surface area contributed by atoms with Gasteiger partial charge in [0.15, 0.2) is 5.75 Å². The molecule has 1 N–H and O–H groups in total. The van der Waals surface area contributed by atoms with Gasteiger partial charge in [-0.3, -0.25) is 14.9 Å². The van der Waals surface area contributed by atoms with Crippen molar-refractivity contribution < 1.29 is 19.6 Å². The lowest BCUT2D eigenvalue weighted by Crippen LogP contribution is -2.11. The number of aliphatic carboxylic acids is 1. The lowest BCUT2D eigenvalue weighted by molar-refractivity contribution is -0.388. The SMILES string of the molecule is CCCOc1cccc(SCC(C)C(=O)O)c1[N+](=O)[O-]. The zero-order chi connectivity index (χ0) is 15.1. The van der Waals surface area contributed by atoms with Gasteiger partial charge in [0.1, 0.15) is 0 Å². The van der Waals surface area contributed by atoms with E-state index in [1.54, 1.807) is 25.1 Å². The van der Waals surface area contributed by atoms with Crippen molar-refractivity contribution in [2.45, 2.75) is 25.2 Å². The Hall–Kier alpha value is -1.76. The first-order valence-corrected chi connectivity index (χ1v) is 7.21. The van der Waals surface area contributed by atoms with Crippen LogP contribution < -0.4 is 4.74 Å². The summed E-state index contributed by atoms with van der Waals surface area (Å²) in [5.41, 5.74) is -0.0939. The molecule has 0 radical (unpaired) electrons. The molecule has 0 aliphatic carbocycles. The van der Waals surface area contributed by atoms with Crippen molar-refractivity contribution in [3.8, 4) is 5.75 Å². The molecular formula is C13H17NO5S. The molecule has 0 aromatic heterocycles. The minimum atomic E-state index is -0.918. The fourth-order valence-electron chi connectivity index (χ4n) is 1.41. The van der Waals surface area contributed by atoms with Gasteiger partial charge in [-0.1, -0.05) is 19.9 Å². The number of carboxylic acid groups (broad SMARTS) is 1. The molecule has 0 bridgehead atoms. The number of nitrogens with zero attached hydrogens (tertiary/aromatic N) is 1. The Bertz CT molecular complexity index is 492. The molecule has 0 saturated heterocycles. The predicted octanol–water partition coefficient (Wildman–Crippen LogP) is 3.20. The van der Waals surface area contributed by atoms with Gasteiger partial charge in [0.2, 0.25) is 0 Å². The van der Waals surface area contributed by atoms with E-state index in [1.807, 2.05) is 6.92 Å². The average Bonchev–Trinajstić information content (AvgIpc) is 2.41. The summed E-state index contributed by atoms with van der Waals surface area (Å²) in [5, 5.41) is 20.0. The highest BCUT2D eigenvalue weighted by Gasteiger charge is 2.22. The monoisotopic (exact) mass is 299 g/mol. The zero-order valence-corrected chi connectivity index (χ0v) is 12.2. The maximum atomic E-state index is 11.2. The fraction of sp³-hybridized carbons (Fsp3) is 0.462. The number of hydrogen-bond donors (Lipinski definition) is 1. The lowest BCUT2D eigenvalue weighted by Gasteiger charge is -2.10. The summed E-state index contributed by atoms with van der Waals surface area (Å²) in [4.78, 5) is 21.9. The van der Waals surface area contributed by atoms with Crippen molar-refractivity contribution >= 4 is 23.4 Å². The Kier molecular flexibility index (Phi) is 6.30. The Morgan fingerprint density at radius 2 is 2.25 bits per heavy atom. The summed E-state index contributed by atoms with van der Waals surface area (Å²) in [6.07, 6.45) is 0.755. The summed E-state index contributed by atoms with van der Waals surface area (Å²) in [6, 6.07) is 4.83. The maximum Gasteiger partial charge on any atom is 0.324 e. The topological polar surface area (TPSA) is 89.7 Å². The van der Waals surface area contributed by atoms with Crippen LogP contribution in [0, 0.1) is 16.0 Å². The molecule has 0 heterocycles. The summed E-state index contributed by atoms with van der Waals surface area (Å²) in [6.45, 7) is 3.89. The van der Waals surface area contributed by atoms with Crippen molar-refractivity contribution in [3.05, 3.63) is 28.3 Å². The van der Waals surface area contributed by atoms with Crippen LogP contribution in [0.1, 0.15) is 20.3 Å². The van der Waals surface area contributed by atoms with Gasteiger partial charge in [0.05, 0.1) is 22.3 Å². The maximum absolute atomic E-state index is 11.2. The van der Waals surface area contributed by atoms with E-state index >= 15 is 0 Å². The summed E-state index contributed by atoms with van der Waals surface area (Å²) in [5.74, 6) is -0.990. The number of ether oxygens (including phenoxy) is 1. The largest absolute Gasteiger partial charge is 0.487 e. The van der Waals surface area contributed by atoms with Crippen LogP contribution in [-0.4, -0.2) is 28.4 Å². The number of carbonyl (C=O) groups is 1. The van der Waals surface area contributed by atoms with Gasteiger partial charge in [0.25, 0.3) is 0 Å². The smallest absolute Gasteiger partial charge is 0.324 e. The quantitative estimate of drug-likeness (QED) is 0.450. The summed E-state index contributed by atoms with van der Waals surface area (Å²) in [7, 11) is 0. The van der Waals surface area contributed by atoms with Crippen LogP contribution >= 0.6 is 11.8 Å². The Labute approximate surface area is 121 Å². The van der Waals surface area contributed by atoms with Gasteiger partial charge in [0, 0.05) is 5.75 Å². The number of benzene rings is 1. The third-order valence-electron chi connectivity index (χ3n) is 2.52. The highest BCUT2D eigenvalue weighted by atomic mass is 32.2. The molecule has 1 aromatic rings. The molecular weight excluding hydrogens is 282 g/mol. The van der Waals surface area contributed by atoms with E-state index in [-0.39, 0.29) is 17.2 Å². The Balaban J connectivity index is 2.94. The molecule has 0 saturated carbocycles. The van der Waals surface area contributed by atoms with Crippen molar-refractivity contribution in [2.75, 3.05) is 12.4 Å². The molecule has 0 spiro atoms. The molecule has 1 aromatic carbocycles. The van der Waals surface area contributed by atoms with E-state index in [9.17, 15) is 14.9 Å². The highest BCUT2D eigenvalue weighted by molar-refractivity contribution is 7.99. The molecule has 7 heteroatoms. The molecule has 20 heavy (non-hydrogen) atoms. The Morgan fingerprint density at radius 1 is 1.55 bits per heavy atom. The normalized spacial score (nSPS) is 11.9. The lowest BCUT2D eigenvalue weighted by atomic mass is 10.2. The van der Waals surface area contributed by atoms with E-state index in [0.717, 1.165) is 18.2 Å². The van der Waals surface area contributed by atoms with Crippen molar-refractivity contribution in [1.82, 2.24) is 0 Å². The van der Waals surface area contributed by atoms with Gasteiger partial charge < -0.3 is 9.84 Å². The van der Waals surface area contributed by atoms with E-state index in [2.05, 4.69) is 0 Å². The third-order valence-corrected chi connectivity index (χ3v) is 3.82. The number of nitro benzene ring substituents is 1. The second-order valence-electron chi connectivity index (χ2n) is 4.26. The average molecular weight is 299 g/mol. The molecule has 110 valence electrons. The third kappa shape index (κ3) is 4.41. The minimum absolute atomic E-state index is 0.0939. The standard InChI is InChI=1S/C13H17NO5S/c1-3-7-19-10-5-4-6-11(12(10)14(17)18)20-8-9(2)13(15)16/h4-6,9H,3,7-8H2,1-2H3,(H,15,16). The molecule has 0 amide bonds. The molecule has 0 fully saturated rings. The van der Waals surface area contributed by atoms with E-state index in [0.29, 0.717) is 11.5 Å². The number of thioether (sulfide) groups is 1. The first-order chi connectivity index (χ1) is 9.47. The van der Waals surface area contributed by atoms with Gasteiger partial charge in [-0.15, -0.1) is 11.8 Å². The molecule has 0 aliphatic rings. The Morgan fingerprint density at radius 3 is 2.80 bits per heavy atom. The molecule has 1 atom stereocenters. The second-order valence-corrected chi connectivity index (χ2v) is 5.32. The highest BCUT2D eigenvalue weighted by Crippen LogP contribution is 2.37. The minimum Gasteiger partial charge on any atom is -0.487 e. The van der Waals surface area contributed by atoms with Crippen LogP contribution in [-0.2, 0) is 4.79 Å². The van der Waals surface area contributed by atoms with Crippen LogP contribution in [0.25, 0.3) is 0 Å². The van der Waals surface area contributed by atoms with Crippen molar-refractivity contribution in [1.29, 1.82) is 0 Å². The fourth-order valence-corrected chi connectivity index (χ4v) is 2.47. The van der Waals surface area contributed by atoms with E-state index in [4.69, 9.17) is 9.84 Å². The number of para-hydroxylation sites is 1. The van der Waals surface area contributed by atoms with E-state index in [1.165, 1.54) is 0 Å². The van der Waals surface area contributed by atoms with Gasteiger partial charge in [-0.2, -0.15) is 0 Å². The zero-order valence-electron chi connectivity index (χ0n) is 11.4. The van der Waals surface area contributed by atoms with Crippen LogP contribution in [0.5, 0.6) is 5.75 Å². The number of rotatable bonds is 8. The van der Waals surface area contributed by atoms with Crippen molar-refractivity contribution in [2.24, 2.45) is 5.92 Å². The van der Waals surface area contributed by atoms with Crippen LogP contribution in [0.3, 0.4) is 0 Å². The van der Waals surface area contributed by atoms with E-state index < -0.39 is 16.8 Å². The van der Waals surface area contributed by atoms with Crippen LogP contribution in [0.4, 0.5) is 5.69 Å². The first kappa shape index (κ1) is 16.3. The molecule has 6 nitrogen and oxygen atoms in total. The van der Waals surface area contributed by atoms with Gasteiger partial charge >= 0.3 is 11.7 Å². The van der Waals surface area contributed by atoms with Crippen LogP contribution in [0.15, 0.2) is 23.1 Å².